The van der Waals surface area contributed by atoms with Gasteiger partial charge in [0.15, 0.2) is 0 Å². The van der Waals surface area contributed by atoms with Gasteiger partial charge in [-0.1, -0.05) is 0 Å². The van der Waals surface area contributed by atoms with Crippen LogP contribution in [-0.4, -0.2) is 81.7 Å². The second kappa shape index (κ2) is 8.48. The van der Waals surface area contributed by atoms with Crippen LogP contribution in [0.2, 0.25) is 0 Å². The van der Waals surface area contributed by atoms with Gasteiger partial charge in [0.05, 0.1) is 6.54 Å². The zero-order chi connectivity index (χ0) is 18.7. The van der Waals surface area contributed by atoms with Crippen molar-refractivity contribution in [2.24, 2.45) is 0 Å². The largest absolute Gasteiger partial charge is 0.343 e. The van der Waals surface area contributed by atoms with Crippen LogP contribution >= 0.6 is 0 Å². The van der Waals surface area contributed by atoms with Crippen molar-refractivity contribution >= 4 is 5.91 Å². The molecule has 0 aromatic carbocycles. The molecule has 26 heavy (non-hydrogen) atoms. The average Bonchev–Trinajstić information content (AvgIpc) is 3.03. The lowest BCUT2D eigenvalue weighted by Crippen LogP contribution is -2.48. The Bertz CT molecular complexity index is 597. The molecular formula is C19H34N6O. The molecule has 1 aromatic heterocycles. The van der Waals surface area contributed by atoms with Crippen molar-refractivity contribution in [1.82, 2.24) is 29.5 Å². The van der Waals surface area contributed by atoms with Crippen LogP contribution in [0.25, 0.3) is 0 Å². The number of piperidine rings is 2. The lowest BCUT2D eigenvalue weighted by Gasteiger charge is -2.41. The van der Waals surface area contributed by atoms with Crippen LogP contribution in [0.5, 0.6) is 0 Å². The summed E-state index contributed by atoms with van der Waals surface area (Å²) in [6, 6.07) is 0.639. The van der Waals surface area contributed by atoms with E-state index in [0.29, 0.717) is 12.0 Å². The molecule has 2 fully saturated rings. The maximum Gasteiger partial charge on any atom is 0.219 e. The van der Waals surface area contributed by atoms with Gasteiger partial charge in [-0.25, -0.2) is 0 Å². The van der Waals surface area contributed by atoms with Gasteiger partial charge in [0, 0.05) is 38.5 Å². The third-order valence-corrected chi connectivity index (χ3v) is 5.95. The van der Waals surface area contributed by atoms with Crippen molar-refractivity contribution in [2.45, 2.75) is 64.6 Å². The van der Waals surface area contributed by atoms with Gasteiger partial charge >= 0.3 is 0 Å². The second-order valence-corrected chi connectivity index (χ2v) is 8.00. The molecule has 0 saturated carbocycles. The van der Waals surface area contributed by atoms with Gasteiger partial charge in [-0.3, -0.25) is 4.79 Å². The van der Waals surface area contributed by atoms with Crippen molar-refractivity contribution in [3.05, 3.63) is 11.6 Å². The SMILES string of the molecule is CCn1c(CN(C)C)nnc1C1CCN(C2CCN(C(C)=O)CC2)CC1. The molecule has 7 heteroatoms. The molecule has 2 saturated heterocycles. The molecule has 3 rings (SSSR count). The Morgan fingerprint density at radius 1 is 1.08 bits per heavy atom. The van der Waals surface area contributed by atoms with E-state index in [0.717, 1.165) is 70.8 Å². The summed E-state index contributed by atoms with van der Waals surface area (Å²) in [6.07, 6.45) is 4.55. The highest BCUT2D eigenvalue weighted by Crippen LogP contribution is 2.30. The summed E-state index contributed by atoms with van der Waals surface area (Å²) in [4.78, 5) is 18.3. The standard InChI is InChI=1S/C19H34N6O/c1-5-25-18(14-22(3)4)20-21-19(25)16-6-10-24(11-7-16)17-8-12-23(13-9-17)15(2)26/h16-17H,5-14H2,1-4H3. The van der Waals surface area contributed by atoms with Crippen molar-refractivity contribution in [3.8, 4) is 0 Å². The van der Waals surface area contributed by atoms with Crippen molar-refractivity contribution in [3.63, 3.8) is 0 Å². The lowest BCUT2D eigenvalue weighted by molar-refractivity contribution is -0.130. The highest BCUT2D eigenvalue weighted by atomic mass is 16.2. The van der Waals surface area contributed by atoms with Gasteiger partial charge < -0.3 is 19.3 Å². The molecule has 2 aliphatic heterocycles. The first-order valence-corrected chi connectivity index (χ1v) is 10.1. The van der Waals surface area contributed by atoms with Gasteiger partial charge in [-0.05, 0) is 59.8 Å². The van der Waals surface area contributed by atoms with Crippen LogP contribution in [0, 0.1) is 0 Å². The second-order valence-electron chi connectivity index (χ2n) is 8.00. The number of amides is 1. The van der Waals surface area contributed by atoms with E-state index in [2.05, 4.69) is 45.6 Å². The molecule has 7 nitrogen and oxygen atoms in total. The van der Waals surface area contributed by atoms with E-state index >= 15 is 0 Å². The average molecular weight is 363 g/mol. The predicted molar refractivity (Wildman–Crippen MR) is 102 cm³/mol. The number of likely N-dealkylation sites (tertiary alicyclic amines) is 2. The molecule has 2 aliphatic rings. The topological polar surface area (TPSA) is 57.5 Å². The molecule has 0 spiro atoms. The zero-order valence-corrected chi connectivity index (χ0v) is 16.8. The summed E-state index contributed by atoms with van der Waals surface area (Å²) >= 11 is 0. The Morgan fingerprint density at radius 3 is 2.27 bits per heavy atom. The number of aromatic nitrogens is 3. The number of hydrogen-bond donors (Lipinski definition) is 0. The van der Waals surface area contributed by atoms with Gasteiger partial charge in [-0.2, -0.15) is 0 Å². The Balaban J connectivity index is 1.56. The van der Waals surface area contributed by atoms with E-state index in [4.69, 9.17) is 0 Å². The van der Waals surface area contributed by atoms with E-state index in [-0.39, 0.29) is 5.91 Å². The maximum absolute atomic E-state index is 11.5. The van der Waals surface area contributed by atoms with E-state index in [9.17, 15) is 4.79 Å². The Hall–Kier alpha value is -1.47. The van der Waals surface area contributed by atoms with Crippen molar-refractivity contribution in [2.75, 3.05) is 40.3 Å². The fourth-order valence-electron chi connectivity index (χ4n) is 4.46. The Morgan fingerprint density at radius 2 is 1.73 bits per heavy atom. The summed E-state index contributed by atoms with van der Waals surface area (Å²) in [7, 11) is 4.15. The van der Waals surface area contributed by atoms with Crippen molar-refractivity contribution in [1.29, 1.82) is 0 Å². The Kier molecular flexibility index (Phi) is 6.29. The minimum Gasteiger partial charge on any atom is -0.343 e. The van der Waals surface area contributed by atoms with E-state index in [1.54, 1.807) is 6.92 Å². The first-order valence-electron chi connectivity index (χ1n) is 10.1. The zero-order valence-electron chi connectivity index (χ0n) is 16.8. The number of nitrogens with zero attached hydrogens (tertiary/aromatic N) is 6. The third kappa shape index (κ3) is 4.26. The highest BCUT2D eigenvalue weighted by Gasteiger charge is 2.31. The highest BCUT2D eigenvalue weighted by molar-refractivity contribution is 5.73. The molecule has 146 valence electrons. The fraction of sp³-hybridized carbons (Fsp3) is 0.842. The molecule has 1 amide bonds. The number of carbonyl (C=O) groups excluding carboxylic acids is 1. The van der Waals surface area contributed by atoms with Gasteiger partial charge in [0.1, 0.15) is 11.6 Å². The van der Waals surface area contributed by atoms with E-state index in [1.807, 2.05) is 4.90 Å². The molecule has 0 N–H and O–H groups in total. The van der Waals surface area contributed by atoms with Crippen LogP contribution in [0.1, 0.15) is 57.1 Å². The third-order valence-electron chi connectivity index (χ3n) is 5.95. The monoisotopic (exact) mass is 362 g/mol. The molecule has 0 radical (unpaired) electrons. The number of rotatable bonds is 5. The molecular weight excluding hydrogens is 328 g/mol. The number of hydrogen-bond acceptors (Lipinski definition) is 5. The minimum atomic E-state index is 0.217. The molecule has 1 aromatic rings. The molecule has 0 bridgehead atoms. The van der Waals surface area contributed by atoms with E-state index in [1.165, 1.54) is 5.82 Å². The molecule has 0 aliphatic carbocycles. The van der Waals surface area contributed by atoms with Crippen LogP contribution in [-0.2, 0) is 17.9 Å². The molecule has 3 heterocycles. The minimum absolute atomic E-state index is 0.217. The summed E-state index contributed by atoms with van der Waals surface area (Å²) < 4.78 is 2.31. The summed E-state index contributed by atoms with van der Waals surface area (Å²) in [5, 5.41) is 9.01. The Labute approximate surface area is 157 Å². The van der Waals surface area contributed by atoms with Crippen LogP contribution in [0.15, 0.2) is 0 Å². The molecule has 0 unspecified atom stereocenters. The maximum atomic E-state index is 11.5. The summed E-state index contributed by atoms with van der Waals surface area (Å²) in [5.41, 5.74) is 0. The van der Waals surface area contributed by atoms with Crippen LogP contribution < -0.4 is 0 Å². The van der Waals surface area contributed by atoms with Crippen molar-refractivity contribution < 1.29 is 4.79 Å². The van der Waals surface area contributed by atoms with Crippen LogP contribution in [0.4, 0.5) is 0 Å². The summed E-state index contributed by atoms with van der Waals surface area (Å²) in [6.45, 7) is 9.74. The normalized spacial score (nSPS) is 20.9. The first kappa shape index (κ1) is 19.3. The van der Waals surface area contributed by atoms with Crippen LogP contribution in [0.3, 0.4) is 0 Å². The molecule has 0 atom stereocenters. The van der Waals surface area contributed by atoms with Gasteiger partial charge in [-0.15, -0.1) is 10.2 Å². The lowest BCUT2D eigenvalue weighted by atomic mass is 9.92. The smallest absolute Gasteiger partial charge is 0.219 e. The first-order chi connectivity index (χ1) is 12.5. The predicted octanol–water partition coefficient (Wildman–Crippen LogP) is 1.55. The summed E-state index contributed by atoms with van der Waals surface area (Å²) in [5.74, 6) is 2.99. The van der Waals surface area contributed by atoms with Gasteiger partial charge in [0.2, 0.25) is 5.91 Å². The van der Waals surface area contributed by atoms with E-state index < -0.39 is 0 Å². The number of carbonyl (C=O) groups is 1. The fourth-order valence-corrected chi connectivity index (χ4v) is 4.46. The quantitative estimate of drug-likeness (QED) is 0.795. The van der Waals surface area contributed by atoms with Gasteiger partial charge in [0.25, 0.3) is 0 Å².